The van der Waals surface area contributed by atoms with Crippen molar-refractivity contribution in [2.24, 2.45) is 5.92 Å². The standard InChI is InChI=1S/C18H27N5OS/c1-12(2)9-10-15(5)19-16(24)11-25-18-20-21-22-23(18)17-13(3)7-6-8-14(17)4/h6-8,12,15H,9-11H2,1-5H3,(H,19,24)/t15-/m1/s1. The average Bonchev–Trinajstić information content (AvgIpc) is 2.99. The van der Waals surface area contributed by atoms with Gasteiger partial charge in [0.1, 0.15) is 0 Å². The Morgan fingerprint density at radius 3 is 2.52 bits per heavy atom. The molecule has 0 unspecified atom stereocenters. The first-order valence-electron chi connectivity index (χ1n) is 8.65. The van der Waals surface area contributed by atoms with E-state index in [1.165, 1.54) is 11.8 Å². The van der Waals surface area contributed by atoms with Gasteiger partial charge >= 0.3 is 0 Å². The number of amides is 1. The van der Waals surface area contributed by atoms with Gasteiger partial charge in [-0.15, -0.1) is 5.10 Å². The van der Waals surface area contributed by atoms with Gasteiger partial charge in [-0.1, -0.05) is 43.8 Å². The van der Waals surface area contributed by atoms with Crippen LogP contribution in [-0.4, -0.2) is 37.9 Å². The van der Waals surface area contributed by atoms with Crippen LogP contribution < -0.4 is 5.32 Å². The number of nitrogens with zero attached hydrogens (tertiary/aromatic N) is 4. The van der Waals surface area contributed by atoms with Crippen LogP contribution in [0.4, 0.5) is 0 Å². The van der Waals surface area contributed by atoms with Gasteiger partial charge in [-0.2, -0.15) is 4.68 Å². The number of hydrogen-bond donors (Lipinski definition) is 1. The molecule has 0 spiro atoms. The molecular weight excluding hydrogens is 334 g/mol. The topological polar surface area (TPSA) is 72.7 Å². The van der Waals surface area contributed by atoms with E-state index in [4.69, 9.17) is 0 Å². The first kappa shape index (κ1) is 19.4. The molecule has 0 saturated heterocycles. The summed E-state index contributed by atoms with van der Waals surface area (Å²) >= 11 is 1.36. The first-order valence-corrected chi connectivity index (χ1v) is 9.64. The molecule has 0 bridgehead atoms. The Hall–Kier alpha value is -1.89. The molecule has 2 rings (SSSR count). The minimum absolute atomic E-state index is 0.0114. The van der Waals surface area contributed by atoms with Gasteiger partial charge in [0.25, 0.3) is 0 Å². The number of thioether (sulfide) groups is 1. The SMILES string of the molecule is Cc1cccc(C)c1-n1nnnc1SCC(=O)N[C@H](C)CCC(C)C. The maximum atomic E-state index is 12.2. The van der Waals surface area contributed by atoms with Crippen LogP contribution in [0.25, 0.3) is 5.69 Å². The fourth-order valence-electron chi connectivity index (χ4n) is 2.65. The molecule has 6 nitrogen and oxygen atoms in total. The van der Waals surface area contributed by atoms with Crippen LogP contribution in [0.1, 0.15) is 44.7 Å². The number of aromatic nitrogens is 4. The lowest BCUT2D eigenvalue weighted by Crippen LogP contribution is -2.34. The van der Waals surface area contributed by atoms with Crippen molar-refractivity contribution in [3.8, 4) is 5.69 Å². The molecule has 1 aromatic carbocycles. The summed E-state index contributed by atoms with van der Waals surface area (Å²) in [6.07, 6.45) is 2.10. The van der Waals surface area contributed by atoms with Crippen LogP contribution in [0.15, 0.2) is 23.4 Å². The molecule has 2 aromatic rings. The number of carbonyl (C=O) groups excluding carboxylic acids is 1. The molecule has 0 aliphatic rings. The zero-order valence-electron chi connectivity index (χ0n) is 15.6. The predicted molar refractivity (Wildman–Crippen MR) is 101 cm³/mol. The highest BCUT2D eigenvalue weighted by molar-refractivity contribution is 7.99. The monoisotopic (exact) mass is 361 g/mol. The molecule has 1 N–H and O–H groups in total. The Balaban J connectivity index is 1.97. The Kier molecular flexibility index (Phi) is 6.99. The van der Waals surface area contributed by atoms with Gasteiger partial charge in [0, 0.05) is 6.04 Å². The van der Waals surface area contributed by atoms with Crippen molar-refractivity contribution < 1.29 is 4.79 Å². The molecule has 0 saturated carbocycles. The highest BCUT2D eigenvalue weighted by Crippen LogP contribution is 2.23. The number of hydrogen-bond acceptors (Lipinski definition) is 5. The lowest BCUT2D eigenvalue weighted by atomic mass is 10.0. The van der Waals surface area contributed by atoms with E-state index in [0.29, 0.717) is 16.8 Å². The quantitative estimate of drug-likeness (QED) is 0.730. The van der Waals surface area contributed by atoms with Crippen LogP contribution in [0.2, 0.25) is 0 Å². The van der Waals surface area contributed by atoms with Gasteiger partial charge in [-0.25, -0.2) is 0 Å². The van der Waals surface area contributed by atoms with Crippen molar-refractivity contribution in [1.29, 1.82) is 0 Å². The molecule has 1 amide bonds. The molecule has 0 aliphatic heterocycles. The van der Waals surface area contributed by atoms with E-state index in [-0.39, 0.29) is 11.9 Å². The van der Waals surface area contributed by atoms with Crippen LogP contribution >= 0.6 is 11.8 Å². The maximum absolute atomic E-state index is 12.2. The van der Waals surface area contributed by atoms with Gasteiger partial charge in [-0.05, 0) is 61.1 Å². The number of carbonyl (C=O) groups is 1. The predicted octanol–water partition coefficient (Wildman–Crippen LogP) is 3.31. The number of tetrazole rings is 1. The van der Waals surface area contributed by atoms with E-state index in [1.807, 2.05) is 39.0 Å². The summed E-state index contributed by atoms with van der Waals surface area (Å²) in [6.45, 7) is 10.5. The second-order valence-electron chi connectivity index (χ2n) is 6.84. The van der Waals surface area contributed by atoms with E-state index < -0.39 is 0 Å². The summed E-state index contributed by atoms with van der Waals surface area (Å²) in [6, 6.07) is 6.26. The van der Waals surface area contributed by atoms with Crippen molar-refractivity contribution in [3.05, 3.63) is 29.3 Å². The van der Waals surface area contributed by atoms with Gasteiger partial charge < -0.3 is 5.32 Å². The fourth-order valence-corrected chi connectivity index (χ4v) is 3.34. The van der Waals surface area contributed by atoms with E-state index in [2.05, 4.69) is 34.7 Å². The number of rotatable bonds is 8. The Morgan fingerprint density at radius 2 is 1.88 bits per heavy atom. The second-order valence-corrected chi connectivity index (χ2v) is 7.78. The Bertz CT molecular complexity index is 693. The summed E-state index contributed by atoms with van der Waals surface area (Å²) in [5.74, 6) is 0.963. The first-order chi connectivity index (χ1) is 11.9. The molecule has 7 heteroatoms. The van der Waals surface area contributed by atoms with Gasteiger partial charge in [-0.3, -0.25) is 4.79 Å². The van der Waals surface area contributed by atoms with Gasteiger partial charge in [0.2, 0.25) is 11.1 Å². The summed E-state index contributed by atoms with van der Waals surface area (Å²) < 4.78 is 1.71. The number of para-hydroxylation sites is 1. The third kappa shape index (κ3) is 5.56. The minimum Gasteiger partial charge on any atom is -0.353 e. The van der Waals surface area contributed by atoms with Crippen molar-refractivity contribution in [2.45, 2.75) is 58.7 Å². The summed E-state index contributed by atoms with van der Waals surface area (Å²) in [7, 11) is 0. The molecule has 0 radical (unpaired) electrons. The second kappa shape index (κ2) is 8.99. The third-order valence-electron chi connectivity index (χ3n) is 4.01. The number of aryl methyl sites for hydroxylation is 2. The molecule has 136 valence electrons. The van der Waals surface area contributed by atoms with Crippen LogP contribution in [0.3, 0.4) is 0 Å². The Labute approximate surface area is 153 Å². The number of benzene rings is 1. The van der Waals surface area contributed by atoms with E-state index >= 15 is 0 Å². The van der Waals surface area contributed by atoms with Crippen molar-refractivity contribution in [3.63, 3.8) is 0 Å². The summed E-state index contributed by atoms with van der Waals surface area (Å²) in [5, 5.41) is 15.6. The highest BCUT2D eigenvalue weighted by atomic mass is 32.2. The molecule has 1 atom stereocenters. The third-order valence-corrected chi connectivity index (χ3v) is 4.93. The van der Waals surface area contributed by atoms with Crippen LogP contribution in [0.5, 0.6) is 0 Å². The average molecular weight is 362 g/mol. The fraction of sp³-hybridized carbons (Fsp3) is 0.556. The zero-order chi connectivity index (χ0) is 18.4. The van der Waals surface area contributed by atoms with Crippen LogP contribution in [0, 0.1) is 19.8 Å². The van der Waals surface area contributed by atoms with Crippen LogP contribution in [-0.2, 0) is 4.79 Å². The largest absolute Gasteiger partial charge is 0.353 e. The minimum atomic E-state index is 0.0114. The van der Waals surface area contributed by atoms with Crippen molar-refractivity contribution >= 4 is 17.7 Å². The van der Waals surface area contributed by atoms with Crippen molar-refractivity contribution in [2.75, 3.05) is 5.75 Å². The molecule has 0 fully saturated rings. The Morgan fingerprint density at radius 1 is 1.20 bits per heavy atom. The molecular formula is C18H27N5OS. The van der Waals surface area contributed by atoms with E-state index in [9.17, 15) is 4.79 Å². The number of nitrogens with one attached hydrogen (secondary N) is 1. The summed E-state index contributed by atoms with van der Waals surface area (Å²) in [5.41, 5.74) is 3.17. The lowest BCUT2D eigenvalue weighted by Gasteiger charge is -2.15. The van der Waals surface area contributed by atoms with Crippen molar-refractivity contribution in [1.82, 2.24) is 25.5 Å². The molecule has 1 aromatic heterocycles. The van der Waals surface area contributed by atoms with E-state index in [0.717, 1.165) is 29.7 Å². The van der Waals surface area contributed by atoms with Gasteiger partial charge in [0.05, 0.1) is 11.4 Å². The smallest absolute Gasteiger partial charge is 0.230 e. The maximum Gasteiger partial charge on any atom is 0.230 e. The highest BCUT2D eigenvalue weighted by Gasteiger charge is 2.15. The normalized spacial score (nSPS) is 12.4. The van der Waals surface area contributed by atoms with E-state index in [1.54, 1.807) is 4.68 Å². The zero-order valence-corrected chi connectivity index (χ0v) is 16.4. The molecule has 0 aliphatic carbocycles. The molecule has 1 heterocycles. The van der Waals surface area contributed by atoms with Gasteiger partial charge in [0.15, 0.2) is 0 Å². The lowest BCUT2D eigenvalue weighted by molar-refractivity contribution is -0.119. The summed E-state index contributed by atoms with van der Waals surface area (Å²) in [4.78, 5) is 12.2. The molecule has 25 heavy (non-hydrogen) atoms.